The number of amides is 1. The van der Waals surface area contributed by atoms with Crippen molar-refractivity contribution in [2.24, 2.45) is 0 Å². The van der Waals surface area contributed by atoms with Crippen LogP contribution in [0.15, 0.2) is 48.5 Å². The van der Waals surface area contributed by atoms with Gasteiger partial charge in [-0.2, -0.15) is 0 Å². The summed E-state index contributed by atoms with van der Waals surface area (Å²) in [5.41, 5.74) is 0.972. The Hall–Kier alpha value is -2.86. The summed E-state index contributed by atoms with van der Waals surface area (Å²) in [5.74, 6) is -0.722. The number of rotatable bonds is 6. The fraction of sp³-hybridized carbons (Fsp3) is 0.263. The Balaban J connectivity index is 1.58. The van der Waals surface area contributed by atoms with Gasteiger partial charge in [0, 0.05) is 17.9 Å². The van der Waals surface area contributed by atoms with E-state index in [9.17, 15) is 9.59 Å². The smallest absolute Gasteiger partial charge is 0.335 e. The van der Waals surface area contributed by atoms with Gasteiger partial charge in [-0.15, -0.1) is 0 Å². The van der Waals surface area contributed by atoms with Gasteiger partial charge in [-0.1, -0.05) is 6.07 Å². The molecule has 2 aromatic carbocycles. The van der Waals surface area contributed by atoms with E-state index in [1.807, 2.05) is 0 Å². The Kier molecular flexibility index (Phi) is 5.30. The third-order valence-electron chi connectivity index (χ3n) is 3.94. The van der Waals surface area contributed by atoms with Crippen LogP contribution < -0.4 is 10.1 Å². The Morgan fingerprint density at radius 1 is 1.16 bits per heavy atom. The van der Waals surface area contributed by atoms with Gasteiger partial charge >= 0.3 is 5.97 Å². The lowest BCUT2D eigenvalue weighted by Gasteiger charge is -2.12. The largest absolute Gasteiger partial charge is 0.491 e. The molecule has 2 N–H and O–H groups in total. The van der Waals surface area contributed by atoms with Crippen LogP contribution in [0, 0.1) is 0 Å². The van der Waals surface area contributed by atoms with Gasteiger partial charge in [0.1, 0.15) is 12.4 Å². The number of hydrogen-bond acceptors (Lipinski definition) is 4. The molecule has 6 nitrogen and oxygen atoms in total. The summed E-state index contributed by atoms with van der Waals surface area (Å²) >= 11 is 0. The number of aromatic carboxylic acids is 1. The minimum atomic E-state index is -1.07. The molecule has 25 heavy (non-hydrogen) atoms. The summed E-state index contributed by atoms with van der Waals surface area (Å²) in [4.78, 5) is 23.2. The number of hydrogen-bond donors (Lipinski definition) is 2. The van der Waals surface area contributed by atoms with Crippen LogP contribution >= 0.6 is 0 Å². The van der Waals surface area contributed by atoms with Crippen LogP contribution in [0.1, 0.15) is 33.6 Å². The summed E-state index contributed by atoms with van der Waals surface area (Å²) in [5, 5.41) is 11.7. The molecular formula is C19H19NO5. The number of anilines is 1. The summed E-state index contributed by atoms with van der Waals surface area (Å²) in [6.07, 6.45) is 2.24. The van der Waals surface area contributed by atoms with E-state index >= 15 is 0 Å². The van der Waals surface area contributed by atoms with E-state index in [0.29, 0.717) is 23.6 Å². The average molecular weight is 341 g/mol. The highest BCUT2D eigenvalue weighted by Gasteiger charge is 2.16. The van der Waals surface area contributed by atoms with E-state index in [1.165, 1.54) is 12.1 Å². The molecule has 0 unspecified atom stereocenters. The number of carboxylic acid groups (broad SMARTS) is 1. The van der Waals surface area contributed by atoms with Crippen LogP contribution in [-0.2, 0) is 4.74 Å². The number of benzene rings is 2. The number of carboxylic acids is 1. The van der Waals surface area contributed by atoms with Gasteiger partial charge in [0.25, 0.3) is 5.91 Å². The highest BCUT2D eigenvalue weighted by Crippen LogP contribution is 2.19. The van der Waals surface area contributed by atoms with Gasteiger partial charge in [-0.25, -0.2) is 4.79 Å². The highest BCUT2D eigenvalue weighted by atomic mass is 16.5. The van der Waals surface area contributed by atoms with E-state index in [4.69, 9.17) is 14.6 Å². The Morgan fingerprint density at radius 2 is 1.92 bits per heavy atom. The van der Waals surface area contributed by atoms with Crippen LogP contribution in [0.5, 0.6) is 5.75 Å². The summed E-state index contributed by atoms with van der Waals surface area (Å²) in [7, 11) is 0. The van der Waals surface area contributed by atoms with Crippen molar-refractivity contribution >= 4 is 17.6 Å². The third-order valence-corrected chi connectivity index (χ3v) is 3.94. The van der Waals surface area contributed by atoms with Crippen molar-refractivity contribution in [1.29, 1.82) is 0 Å². The highest BCUT2D eigenvalue weighted by molar-refractivity contribution is 6.05. The van der Waals surface area contributed by atoms with Gasteiger partial charge in [0.2, 0.25) is 0 Å². The van der Waals surface area contributed by atoms with Crippen molar-refractivity contribution in [2.45, 2.75) is 18.9 Å². The maximum atomic E-state index is 12.2. The lowest BCUT2D eigenvalue weighted by atomic mass is 10.1. The van der Waals surface area contributed by atoms with Crippen molar-refractivity contribution in [3.63, 3.8) is 0 Å². The van der Waals surface area contributed by atoms with Crippen molar-refractivity contribution in [3.05, 3.63) is 59.7 Å². The molecule has 2 aromatic rings. The Morgan fingerprint density at radius 3 is 2.60 bits per heavy atom. The Bertz CT molecular complexity index is 751. The van der Waals surface area contributed by atoms with Crippen molar-refractivity contribution in [3.8, 4) is 5.75 Å². The molecule has 3 rings (SSSR count). The molecule has 1 saturated heterocycles. The van der Waals surface area contributed by atoms with Gasteiger partial charge < -0.3 is 19.9 Å². The molecule has 1 atom stereocenters. The molecule has 0 aliphatic carbocycles. The van der Waals surface area contributed by atoms with E-state index in [-0.39, 0.29) is 17.6 Å². The molecule has 1 amide bonds. The fourth-order valence-corrected chi connectivity index (χ4v) is 2.60. The predicted octanol–water partition coefficient (Wildman–Crippen LogP) is 3.19. The van der Waals surface area contributed by atoms with E-state index in [1.54, 1.807) is 36.4 Å². The molecular weight excluding hydrogens is 322 g/mol. The SMILES string of the molecule is O=C(O)c1cccc(C(=O)Nc2ccc(OC[C@H]3CCCO3)cc2)c1. The van der Waals surface area contributed by atoms with Gasteiger partial charge in [-0.3, -0.25) is 4.79 Å². The topological polar surface area (TPSA) is 84.9 Å². The first-order chi connectivity index (χ1) is 12.1. The quantitative estimate of drug-likeness (QED) is 0.843. The first-order valence-corrected chi connectivity index (χ1v) is 8.11. The molecule has 6 heteroatoms. The van der Waals surface area contributed by atoms with Gasteiger partial charge in [0.05, 0.1) is 11.7 Å². The molecule has 0 bridgehead atoms. The second kappa shape index (κ2) is 7.81. The summed E-state index contributed by atoms with van der Waals surface area (Å²) < 4.78 is 11.2. The third kappa shape index (κ3) is 4.58. The summed E-state index contributed by atoms with van der Waals surface area (Å²) in [6, 6.07) is 12.9. The second-order valence-corrected chi connectivity index (χ2v) is 5.81. The molecule has 1 aliphatic heterocycles. The number of carbonyl (C=O) groups excluding carboxylic acids is 1. The van der Waals surface area contributed by atoms with Gasteiger partial charge in [-0.05, 0) is 55.3 Å². The predicted molar refractivity (Wildman–Crippen MR) is 92.3 cm³/mol. The Labute approximate surface area is 145 Å². The number of nitrogens with one attached hydrogen (secondary N) is 1. The van der Waals surface area contributed by atoms with Crippen molar-refractivity contribution in [1.82, 2.24) is 0 Å². The molecule has 1 heterocycles. The first-order valence-electron chi connectivity index (χ1n) is 8.11. The lowest BCUT2D eigenvalue weighted by molar-refractivity contribution is 0.0679. The molecule has 130 valence electrons. The van der Waals surface area contributed by atoms with Crippen molar-refractivity contribution in [2.75, 3.05) is 18.5 Å². The molecule has 0 spiro atoms. The minimum absolute atomic E-state index is 0.0746. The van der Waals surface area contributed by atoms with Crippen LogP contribution in [0.3, 0.4) is 0 Å². The maximum absolute atomic E-state index is 12.2. The average Bonchev–Trinajstić information content (AvgIpc) is 3.15. The van der Waals surface area contributed by atoms with Crippen molar-refractivity contribution < 1.29 is 24.2 Å². The van der Waals surface area contributed by atoms with Gasteiger partial charge in [0.15, 0.2) is 0 Å². The van der Waals surface area contributed by atoms with Crippen LogP contribution in [-0.4, -0.2) is 36.3 Å². The van der Waals surface area contributed by atoms with E-state index in [0.717, 1.165) is 19.4 Å². The van der Waals surface area contributed by atoms with E-state index in [2.05, 4.69) is 5.32 Å². The zero-order chi connectivity index (χ0) is 17.6. The summed E-state index contributed by atoms with van der Waals surface area (Å²) in [6.45, 7) is 1.32. The molecule has 1 aliphatic rings. The molecule has 0 aromatic heterocycles. The van der Waals surface area contributed by atoms with Crippen LogP contribution in [0.4, 0.5) is 5.69 Å². The van der Waals surface area contributed by atoms with Crippen LogP contribution in [0.25, 0.3) is 0 Å². The standard InChI is InChI=1S/C19H19NO5/c21-18(13-3-1-4-14(11-13)19(22)23)20-15-6-8-16(9-7-15)25-12-17-5-2-10-24-17/h1,3-4,6-9,11,17H,2,5,10,12H2,(H,20,21)(H,22,23)/t17-/m1/s1. The monoisotopic (exact) mass is 341 g/mol. The maximum Gasteiger partial charge on any atom is 0.335 e. The second-order valence-electron chi connectivity index (χ2n) is 5.81. The van der Waals surface area contributed by atoms with Crippen LogP contribution in [0.2, 0.25) is 0 Å². The normalized spacial score (nSPS) is 16.4. The molecule has 0 saturated carbocycles. The minimum Gasteiger partial charge on any atom is -0.491 e. The molecule has 1 fully saturated rings. The van der Waals surface area contributed by atoms with E-state index < -0.39 is 5.97 Å². The molecule has 0 radical (unpaired) electrons. The lowest BCUT2D eigenvalue weighted by Crippen LogP contribution is -2.16. The number of ether oxygens (including phenoxy) is 2. The fourth-order valence-electron chi connectivity index (χ4n) is 2.60. The zero-order valence-electron chi connectivity index (χ0n) is 13.6. The first kappa shape index (κ1) is 17.0. The zero-order valence-corrected chi connectivity index (χ0v) is 13.6. The number of carbonyl (C=O) groups is 2.